The molecular formula is C13H26N2. The van der Waals surface area contributed by atoms with Gasteiger partial charge >= 0.3 is 0 Å². The molecule has 1 aliphatic rings. The van der Waals surface area contributed by atoms with Gasteiger partial charge in [-0.05, 0) is 26.2 Å². The molecule has 0 aromatic carbocycles. The monoisotopic (exact) mass is 210 g/mol. The van der Waals surface area contributed by atoms with Crippen LogP contribution in [0.2, 0.25) is 0 Å². The van der Waals surface area contributed by atoms with Crippen molar-refractivity contribution >= 4 is 0 Å². The van der Waals surface area contributed by atoms with Gasteiger partial charge in [-0.2, -0.15) is 0 Å². The molecule has 0 saturated carbocycles. The highest BCUT2D eigenvalue weighted by Crippen LogP contribution is 2.21. The Kier molecular flexibility index (Phi) is 5.59. The van der Waals surface area contributed by atoms with Crippen LogP contribution in [0.5, 0.6) is 0 Å². The minimum Gasteiger partial charge on any atom is -0.356 e. The van der Waals surface area contributed by atoms with Gasteiger partial charge in [0.15, 0.2) is 0 Å². The molecule has 0 spiro atoms. The minimum atomic E-state index is 0.640. The van der Waals surface area contributed by atoms with Crippen molar-refractivity contribution in [2.24, 2.45) is 0 Å². The molecule has 0 bridgehead atoms. The Morgan fingerprint density at radius 1 is 0.933 bits per heavy atom. The average Bonchev–Trinajstić information content (AvgIpc) is 2.62. The van der Waals surface area contributed by atoms with Crippen LogP contribution >= 0.6 is 0 Å². The number of nitrogens with zero attached hydrogens (tertiary/aromatic N) is 2. The maximum Gasteiger partial charge on any atom is 0.101 e. The number of hydrogen-bond acceptors (Lipinski definition) is 2. The summed E-state index contributed by atoms with van der Waals surface area (Å²) < 4.78 is 0. The van der Waals surface area contributed by atoms with Gasteiger partial charge in [-0.1, -0.05) is 26.7 Å². The predicted octanol–water partition coefficient (Wildman–Crippen LogP) is 3.41. The van der Waals surface area contributed by atoms with Crippen molar-refractivity contribution in [3.8, 4) is 0 Å². The van der Waals surface area contributed by atoms with Gasteiger partial charge in [0.05, 0.1) is 0 Å². The van der Waals surface area contributed by atoms with E-state index in [-0.39, 0.29) is 0 Å². The minimum absolute atomic E-state index is 0.640. The summed E-state index contributed by atoms with van der Waals surface area (Å²) in [6.45, 7) is 9.10. The van der Waals surface area contributed by atoms with E-state index in [2.05, 4.69) is 43.0 Å². The Balaban J connectivity index is 2.40. The zero-order chi connectivity index (χ0) is 11.1. The number of hydrogen-bond donors (Lipinski definition) is 0. The lowest BCUT2D eigenvalue weighted by molar-refractivity contribution is 0.144. The van der Waals surface area contributed by atoms with Crippen molar-refractivity contribution in [3.05, 3.63) is 12.4 Å². The van der Waals surface area contributed by atoms with E-state index in [1.54, 1.807) is 0 Å². The molecule has 0 radical (unpaired) electrons. The maximum atomic E-state index is 2.50. The maximum absolute atomic E-state index is 2.50. The molecule has 1 rings (SSSR count). The van der Waals surface area contributed by atoms with E-state index in [0.717, 1.165) is 6.54 Å². The van der Waals surface area contributed by atoms with Gasteiger partial charge in [0.25, 0.3) is 0 Å². The number of rotatable bonds is 7. The fourth-order valence-corrected chi connectivity index (χ4v) is 2.27. The van der Waals surface area contributed by atoms with Gasteiger partial charge in [-0.15, -0.1) is 0 Å². The van der Waals surface area contributed by atoms with E-state index >= 15 is 0 Å². The molecule has 0 aromatic rings. The van der Waals surface area contributed by atoms with Crippen molar-refractivity contribution < 1.29 is 0 Å². The molecule has 0 fully saturated rings. The van der Waals surface area contributed by atoms with Gasteiger partial charge < -0.3 is 9.80 Å². The van der Waals surface area contributed by atoms with Crippen LogP contribution in [0.25, 0.3) is 0 Å². The summed E-state index contributed by atoms with van der Waals surface area (Å²) in [7, 11) is 0. The first-order valence-corrected chi connectivity index (χ1v) is 6.53. The van der Waals surface area contributed by atoms with Crippen molar-refractivity contribution in [2.75, 3.05) is 13.1 Å². The van der Waals surface area contributed by atoms with Crippen LogP contribution in [0.3, 0.4) is 0 Å². The Labute approximate surface area is 94.9 Å². The lowest BCUT2D eigenvalue weighted by Crippen LogP contribution is -2.38. The van der Waals surface area contributed by atoms with E-state index in [9.17, 15) is 0 Å². The Morgan fingerprint density at radius 3 is 2.27 bits per heavy atom. The van der Waals surface area contributed by atoms with E-state index in [1.807, 2.05) is 0 Å². The van der Waals surface area contributed by atoms with Crippen LogP contribution in [0.1, 0.15) is 52.9 Å². The van der Waals surface area contributed by atoms with Crippen molar-refractivity contribution in [1.82, 2.24) is 9.80 Å². The normalized spacial score (nSPS) is 20.3. The fourth-order valence-electron chi connectivity index (χ4n) is 2.27. The molecule has 0 aliphatic carbocycles. The molecule has 1 atom stereocenters. The van der Waals surface area contributed by atoms with Gasteiger partial charge in [0, 0.05) is 25.5 Å². The first kappa shape index (κ1) is 12.4. The zero-order valence-corrected chi connectivity index (χ0v) is 10.6. The molecule has 2 heteroatoms. The lowest BCUT2D eigenvalue weighted by Gasteiger charge is -2.32. The standard InChI is InChI=1S/C13H26N2/c1-4-7-8-9-13-14(6-3)11-12-15(13)10-5-2/h11-13H,4-10H2,1-3H3. The van der Waals surface area contributed by atoms with E-state index < -0.39 is 0 Å². The summed E-state index contributed by atoms with van der Waals surface area (Å²) in [6.07, 6.45) is 11.8. The van der Waals surface area contributed by atoms with E-state index in [1.165, 1.54) is 38.6 Å². The second-order valence-electron chi connectivity index (χ2n) is 4.34. The number of unbranched alkanes of at least 4 members (excludes halogenated alkanes) is 2. The largest absolute Gasteiger partial charge is 0.356 e. The van der Waals surface area contributed by atoms with Gasteiger partial charge in [0.2, 0.25) is 0 Å². The molecular weight excluding hydrogens is 184 g/mol. The van der Waals surface area contributed by atoms with Crippen molar-refractivity contribution in [1.29, 1.82) is 0 Å². The quantitative estimate of drug-likeness (QED) is 0.594. The van der Waals surface area contributed by atoms with Crippen LogP contribution in [-0.4, -0.2) is 29.1 Å². The molecule has 0 amide bonds. The third-order valence-electron chi connectivity index (χ3n) is 3.13. The Morgan fingerprint density at radius 2 is 1.67 bits per heavy atom. The molecule has 1 aliphatic heterocycles. The highest BCUT2D eigenvalue weighted by atomic mass is 15.4. The highest BCUT2D eigenvalue weighted by Gasteiger charge is 2.23. The zero-order valence-electron chi connectivity index (χ0n) is 10.6. The highest BCUT2D eigenvalue weighted by molar-refractivity contribution is 4.96. The SMILES string of the molecule is CCCCCC1N(CC)C=CN1CCC. The smallest absolute Gasteiger partial charge is 0.101 e. The topological polar surface area (TPSA) is 6.48 Å². The molecule has 2 nitrogen and oxygen atoms in total. The third kappa shape index (κ3) is 3.44. The van der Waals surface area contributed by atoms with Crippen LogP contribution in [0, 0.1) is 0 Å². The summed E-state index contributed by atoms with van der Waals surface area (Å²) in [5.41, 5.74) is 0. The van der Waals surface area contributed by atoms with E-state index in [4.69, 9.17) is 0 Å². The Bertz CT molecular complexity index is 189. The fraction of sp³-hybridized carbons (Fsp3) is 0.846. The van der Waals surface area contributed by atoms with Gasteiger partial charge in [0.1, 0.15) is 6.17 Å². The lowest BCUT2D eigenvalue weighted by atomic mass is 10.1. The summed E-state index contributed by atoms with van der Waals surface area (Å²) in [4.78, 5) is 4.96. The van der Waals surface area contributed by atoms with Gasteiger partial charge in [-0.25, -0.2) is 0 Å². The molecule has 0 N–H and O–H groups in total. The molecule has 88 valence electrons. The van der Waals surface area contributed by atoms with Crippen molar-refractivity contribution in [2.45, 2.75) is 59.0 Å². The van der Waals surface area contributed by atoms with Crippen molar-refractivity contribution in [3.63, 3.8) is 0 Å². The van der Waals surface area contributed by atoms with Crippen LogP contribution in [0.15, 0.2) is 12.4 Å². The molecule has 0 aromatic heterocycles. The Hall–Kier alpha value is -0.660. The summed E-state index contributed by atoms with van der Waals surface area (Å²) in [6, 6.07) is 0. The molecule has 0 saturated heterocycles. The summed E-state index contributed by atoms with van der Waals surface area (Å²) >= 11 is 0. The van der Waals surface area contributed by atoms with Crippen LogP contribution in [-0.2, 0) is 0 Å². The summed E-state index contributed by atoms with van der Waals surface area (Å²) in [5.74, 6) is 0. The average molecular weight is 210 g/mol. The van der Waals surface area contributed by atoms with Crippen LogP contribution < -0.4 is 0 Å². The predicted molar refractivity (Wildman–Crippen MR) is 66.4 cm³/mol. The second-order valence-corrected chi connectivity index (χ2v) is 4.34. The van der Waals surface area contributed by atoms with E-state index in [0.29, 0.717) is 6.17 Å². The van der Waals surface area contributed by atoms with Gasteiger partial charge in [-0.3, -0.25) is 0 Å². The molecule has 15 heavy (non-hydrogen) atoms. The molecule has 1 heterocycles. The second kappa shape index (κ2) is 6.76. The molecule has 1 unspecified atom stereocenters. The third-order valence-corrected chi connectivity index (χ3v) is 3.13. The van der Waals surface area contributed by atoms with Crippen LogP contribution in [0.4, 0.5) is 0 Å². The summed E-state index contributed by atoms with van der Waals surface area (Å²) in [5, 5.41) is 0. The first-order valence-electron chi connectivity index (χ1n) is 6.53. The first-order chi connectivity index (χ1) is 7.33.